The molecule has 3 rings (SSSR count). The number of nitrogens with one attached hydrogen (secondary N) is 1. The summed E-state index contributed by atoms with van der Waals surface area (Å²) in [5.41, 5.74) is 2.46. The maximum Gasteiger partial charge on any atom is 0.265 e. The molecule has 0 amide bonds. The molecule has 1 aromatic heterocycles. The van der Waals surface area contributed by atoms with E-state index in [-0.39, 0.29) is 11.5 Å². The molecule has 27 heavy (non-hydrogen) atoms. The summed E-state index contributed by atoms with van der Waals surface area (Å²) in [6.45, 7) is 7.22. The molecule has 1 N–H and O–H groups in total. The van der Waals surface area contributed by atoms with Crippen LogP contribution < -0.4 is 10.9 Å². The van der Waals surface area contributed by atoms with Crippen molar-refractivity contribution >= 4 is 28.2 Å². The molecule has 0 fully saturated rings. The predicted octanol–water partition coefficient (Wildman–Crippen LogP) is 5.76. The van der Waals surface area contributed by atoms with Crippen molar-refractivity contribution in [3.63, 3.8) is 0 Å². The second-order valence-electron chi connectivity index (χ2n) is 7.11. The maximum absolute atomic E-state index is 13.2. The van der Waals surface area contributed by atoms with Crippen molar-refractivity contribution in [2.24, 2.45) is 0 Å². The first-order chi connectivity index (χ1) is 13.0. The van der Waals surface area contributed by atoms with Crippen LogP contribution in [-0.4, -0.2) is 16.1 Å². The van der Waals surface area contributed by atoms with Gasteiger partial charge in [0.15, 0.2) is 0 Å². The number of fused-ring (bicyclic) bond motifs is 1. The van der Waals surface area contributed by atoms with E-state index in [4.69, 9.17) is 16.6 Å². The average Bonchev–Trinajstić information content (AvgIpc) is 2.66. The molecule has 0 aliphatic rings. The van der Waals surface area contributed by atoms with E-state index in [9.17, 15) is 4.79 Å². The number of halogens is 1. The lowest BCUT2D eigenvalue weighted by atomic mass is 10.1. The zero-order valence-electron chi connectivity index (χ0n) is 16.1. The van der Waals surface area contributed by atoms with Gasteiger partial charge in [0.2, 0.25) is 0 Å². The third-order valence-corrected chi connectivity index (χ3v) is 4.86. The number of unbranched alkanes of at least 4 members (excludes halogenated alkanes) is 2. The smallest absolute Gasteiger partial charge is 0.265 e. The van der Waals surface area contributed by atoms with Gasteiger partial charge in [-0.3, -0.25) is 9.36 Å². The summed E-state index contributed by atoms with van der Waals surface area (Å²) in [5.74, 6) is 0.858. The van der Waals surface area contributed by atoms with Gasteiger partial charge in [0.1, 0.15) is 5.82 Å². The predicted molar refractivity (Wildman–Crippen MR) is 114 cm³/mol. The standard InChI is InChI=1S/C22H26ClN3O/c1-4-5-6-13-24-17-9-12-19-20(14-17)25-21(15(2)3)26(22(19)27)18-10-7-16(23)8-11-18/h7-12,14-15,24H,4-6,13H2,1-3H3. The molecule has 0 radical (unpaired) electrons. The minimum Gasteiger partial charge on any atom is -0.385 e. The van der Waals surface area contributed by atoms with Crippen molar-refractivity contribution in [3.8, 4) is 5.69 Å². The molecular formula is C22H26ClN3O. The molecule has 0 atom stereocenters. The highest BCUT2D eigenvalue weighted by atomic mass is 35.5. The van der Waals surface area contributed by atoms with Crippen LogP contribution >= 0.6 is 11.6 Å². The van der Waals surface area contributed by atoms with Gasteiger partial charge >= 0.3 is 0 Å². The van der Waals surface area contributed by atoms with Crippen LogP contribution in [0.2, 0.25) is 5.02 Å². The second kappa shape index (κ2) is 8.57. The summed E-state index contributed by atoms with van der Waals surface area (Å²) < 4.78 is 1.69. The summed E-state index contributed by atoms with van der Waals surface area (Å²) in [7, 11) is 0. The Bertz CT molecular complexity index is 977. The Morgan fingerprint density at radius 3 is 2.52 bits per heavy atom. The lowest BCUT2D eigenvalue weighted by molar-refractivity contribution is 0.723. The number of anilines is 1. The number of benzene rings is 2. The second-order valence-corrected chi connectivity index (χ2v) is 7.54. The summed E-state index contributed by atoms with van der Waals surface area (Å²) in [5, 5.41) is 4.69. The first kappa shape index (κ1) is 19.4. The Kier molecular flexibility index (Phi) is 6.17. The Hall–Kier alpha value is -2.33. The average molecular weight is 384 g/mol. The monoisotopic (exact) mass is 383 g/mol. The molecule has 5 heteroatoms. The highest BCUT2D eigenvalue weighted by Gasteiger charge is 2.15. The van der Waals surface area contributed by atoms with Crippen molar-refractivity contribution < 1.29 is 0 Å². The Morgan fingerprint density at radius 1 is 1.11 bits per heavy atom. The van der Waals surface area contributed by atoms with Crippen LogP contribution in [0.4, 0.5) is 5.69 Å². The number of hydrogen-bond acceptors (Lipinski definition) is 3. The first-order valence-corrected chi connectivity index (χ1v) is 9.95. The molecule has 2 aromatic carbocycles. The molecule has 0 aliphatic heterocycles. The van der Waals surface area contributed by atoms with E-state index in [1.165, 1.54) is 12.8 Å². The van der Waals surface area contributed by atoms with Gasteiger partial charge in [-0.2, -0.15) is 0 Å². The Morgan fingerprint density at radius 2 is 1.85 bits per heavy atom. The van der Waals surface area contributed by atoms with E-state index in [0.717, 1.165) is 35.7 Å². The van der Waals surface area contributed by atoms with Crippen LogP contribution in [0.15, 0.2) is 47.3 Å². The van der Waals surface area contributed by atoms with Gasteiger partial charge < -0.3 is 5.32 Å². The normalized spacial score (nSPS) is 11.3. The largest absolute Gasteiger partial charge is 0.385 e. The summed E-state index contributed by atoms with van der Waals surface area (Å²) >= 11 is 6.01. The minimum atomic E-state index is -0.0523. The highest BCUT2D eigenvalue weighted by molar-refractivity contribution is 6.30. The lowest BCUT2D eigenvalue weighted by Crippen LogP contribution is -2.24. The van der Waals surface area contributed by atoms with Crippen molar-refractivity contribution in [1.82, 2.24) is 9.55 Å². The highest BCUT2D eigenvalue weighted by Crippen LogP contribution is 2.22. The van der Waals surface area contributed by atoms with Crippen LogP contribution in [0.25, 0.3) is 16.6 Å². The Balaban J connectivity index is 2.06. The van der Waals surface area contributed by atoms with Crippen molar-refractivity contribution in [2.45, 2.75) is 46.0 Å². The van der Waals surface area contributed by atoms with Gasteiger partial charge in [-0.25, -0.2) is 4.98 Å². The number of rotatable bonds is 7. The Labute approximate surface area is 165 Å². The zero-order chi connectivity index (χ0) is 19.4. The summed E-state index contributed by atoms with van der Waals surface area (Å²) in [6.07, 6.45) is 3.54. The SMILES string of the molecule is CCCCCNc1ccc2c(=O)n(-c3ccc(Cl)cc3)c(C(C)C)nc2c1. The number of aromatic nitrogens is 2. The molecule has 4 nitrogen and oxygen atoms in total. The van der Waals surface area contributed by atoms with Crippen LogP contribution in [0.3, 0.4) is 0 Å². The van der Waals surface area contributed by atoms with E-state index < -0.39 is 0 Å². The van der Waals surface area contributed by atoms with E-state index in [0.29, 0.717) is 10.4 Å². The minimum absolute atomic E-state index is 0.0523. The van der Waals surface area contributed by atoms with E-state index in [2.05, 4.69) is 12.2 Å². The lowest BCUT2D eigenvalue weighted by Gasteiger charge is -2.16. The van der Waals surface area contributed by atoms with Gasteiger partial charge in [0, 0.05) is 23.2 Å². The van der Waals surface area contributed by atoms with Crippen LogP contribution in [-0.2, 0) is 0 Å². The van der Waals surface area contributed by atoms with Gasteiger partial charge in [0.05, 0.1) is 16.6 Å². The summed E-state index contributed by atoms with van der Waals surface area (Å²) in [4.78, 5) is 18.0. The fraction of sp³-hybridized carbons (Fsp3) is 0.364. The third-order valence-electron chi connectivity index (χ3n) is 4.61. The van der Waals surface area contributed by atoms with E-state index >= 15 is 0 Å². The van der Waals surface area contributed by atoms with E-state index in [1.807, 2.05) is 44.2 Å². The van der Waals surface area contributed by atoms with Gasteiger partial charge in [-0.1, -0.05) is 45.2 Å². The molecule has 0 spiro atoms. The van der Waals surface area contributed by atoms with Crippen LogP contribution in [0.1, 0.15) is 51.8 Å². The maximum atomic E-state index is 13.2. The fourth-order valence-corrected chi connectivity index (χ4v) is 3.27. The van der Waals surface area contributed by atoms with Gasteiger partial charge in [-0.05, 0) is 48.9 Å². The number of nitrogens with zero attached hydrogens (tertiary/aromatic N) is 2. The molecule has 0 bridgehead atoms. The van der Waals surface area contributed by atoms with Crippen molar-refractivity contribution in [3.05, 3.63) is 63.7 Å². The third kappa shape index (κ3) is 4.33. The van der Waals surface area contributed by atoms with Gasteiger partial charge in [-0.15, -0.1) is 0 Å². The molecule has 0 aliphatic carbocycles. The molecule has 3 aromatic rings. The summed E-state index contributed by atoms with van der Waals surface area (Å²) in [6, 6.07) is 13.1. The quantitative estimate of drug-likeness (QED) is 0.527. The molecular weight excluding hydrogens is 358 g/mol. The van der Waals surface area contributed by atoms with Gasteiger partial charge in [0.25, 0.3) is 5.56 Å². The molecule has 142 valence electrons. The molecule has 1 heterocycles. The topological polar surface area (TPSA) is 46.9 Å². The fourth-order valence-electron chi connectivity index (χ4n) is 3.15. The van der Waals surface area contributed by atoms with Crippen molar-refractivity contribution in [1.29, 1.82) is 0 Å². The first-order valence-electron chi connectivity index (χ1n) is 9.57. The van der Waals surface area contributed by atoms with Crippen LogP contribution in [0, 0.1) is 0 Å². The zero-order valence-corrected chi connectivity index (χ0v) is 16.9. The van der Waals surface area contributed by atoms with Crippen LogP contribution in [0.5, 0.6) is 0 Å². The molecule has 0 unspecified atom stereocenters. The number of hydrogen-bond donors (Lipinski definition) is 1. The molecule has 0 saturated heterocycles. The van der Waals surface area contributed by atoms with Crippen molar-refractivity contribution in [2.75, 3.05) is 11.9 Å². The van der Waals surface area contributed by atoms with E-state index in [1.54, 1.807) is 16.7 Å². The molecule has 0 saturated carbocycles.